The van der Waals surface area contributed by atoms with Crippen LogP contribution in [0.4, 0.5) is 0 Å². The van der Waals surface area contributed by atoms with Crippen LogP contribution in [0.2, 0.25) is 0 Å². The van der Waals surface area contributed by atoms with E-state index in [1.165, 1.54) is 205 Å². The largest absolute Gasteiger partial charge is 0.462 e. The number of unbranched alkanes of at least 4 members (excludes halogenated alkanes) is 33. The van der Waals surface area contributed by atoms with Crippen LogP contribution in [-0.4, -0.2) is 37.2 Å². The topological polar surface area (TPSA) is 78.9 Å². The maximum atomic E-state index is 12.9. The molecule has 0 aromatic heterocycles. The monoisotopic (exact) mass is 919 g/mol. The number of rotatable bonds is 52. The summed E-state index contributed by atoms with van der Waals surface area (Å²) in [6.07, 6.45) is 52.2. The van der Waals surface area contributed by atoms with Crippen LogP contribution < -0.4 is 0 Å². The summed E-state index contributed by atoms with van der Waals surface area (Å²) in [7, 11) is 0. The molecule has 0 aliphatic carbocycles. The molecule has 65 heavy (non-hydrogen) atoms. The molecule has 0 spiro atoms. The van der Waals surface area contributed by atoms with Gasteiger partial charge in [-0.15, -0.1) is 0 Å². The fourth-order valence-electron chi connectivity index (χ4n) is 8.93. The van der Waals surface area contributed by atoms with Crippen molar-refractivity contribution >= 4 is 17.9 Å². The molecule has 0 N–H and O–H groups in total. The summed E-state index contributed by atoms with van der Waals surface area (Å²) in [5.41, 5.74) is 0. The highest BCUT2D eigenvalue weighted by molar-refractivity contribution is 5.71. The van der Waals surface area contributed by atoms with Crippen LogP contribution in [0.5, 0.6) is 0 Å². The lowest BCUT2D eigenvalue weighted by atomic mass is 9.99. The Labute approximate surface area is 406 Å². The smallest absolute Gasteiger partial charge is 0.306 e. The van der Waals surface area contributed by atoms with E-state index < -0.39 is 6.10 Å². The molecule has 386 valence electrons. The van der Waals surface area contributed by atoms with Crippen molar-refractivity contribution in [3.63, 3.8) is 0 Å². The molecule has 3 atom stereocenters. The summed E-state index contributed by atoms with van der Waals surface area (Å²) in [6, 6.07) is 0. The molecule has 0 aliphatic heterocycles. The van der Waals surface area contributed by atoms with E-state index in [-0.39, 0.29) is 31.1 Å². The second-order valence-electron chi connectivity index (χ2n) is 21.2. The first kappa shape index (κ1) is 63.4. The van der Waals surface area contributed by atoms with Gasteiger partial charge in [0.15, 0.2) is 6.10 Å². The lowest BCUT2D eigenvalue weighted by molar-refractivity contribution is -0.167. The Morgan fingerprint density at radius 2 is 0.538 bits per heavy atom. The highest BCUT2D eigenvalue weighted by atomic mass is 16.6. The lowest BCUT2D eigenvalue weighted by Crippen LogP contribution is -2.30. The van der Waals surface area contributed by atoms with Crippen LogP contribution in [0, 0.1) is 17.8 Å². The van der Waals surface area contributed by atoms with Crippen molar-refractivity contribution in [3.05, 3.63) is 0 Å². The molecule has 0 saturated heterocycles. The molecule has 0 fully saturated rings. The van der Waals surface area contributed by atoms with Crippen LogP contribution in [0.25, 0.3) is 0 Å². The van der Waals surface area contributed by atoms with E-state index in [9.17, 15) is 14.4 Å². The van der Waals surface area contributed by atoms with Gasteiger partial charge in [0.2, 0.25) is 0 Å². The maximum absolute atomic E-state index is 12.9. The van der Waals surface area contributed by atoms with E-state index in [0.29, 0.717) is 19.3 Å². The quantitative estimate of drug-likeness (QED) is 0.0344. The normalized spacial score (nSPS) is 13.0. The first-order valence-corrected chi connectivity index (χ1v) is 29.2. The van der Waals surface area contributed by atoms with Crippen molar-refractivity contribution in [3.8, 4) is 0 Å². The third-order valence-electron chi connectivity index (χ3n) is 14.1. The van der Waals surface area contributed by atoms with Crippen molar-refractivity contribution in [2.45, 2.75) is 330 Å². The first-order chi connectivity index (χ1) is 31.7. The molecule has 0 saturated carbocycles. The molecule has 0 aliphatic rings. The number of ether oxygens (including phenoxy) is 3. The molecule has 2 unspecified atom stereocenters. The van der Waals surface area contributed by atoms with Crippen LogP contribution in [-0.2, 0) is 28.6 Å². The SMILES string of the molecule is CCC(C)CCCCCCCCCCCCCCCCC(=O)O[C@H](COC(=O)CCCCCCCCCCCCCCC(C)C)COC(=O)CCCCCCCCCCCCC(C)CC. The third kappa shape index (κ3) is 50.1. The first-order valence-electron chi connectivity index (χ1n) is 29.2. The van der Waals surface area contributed by atoms with Gasteiger partial charge in [-0.2, -0.15) is 0 Å². The molecule has 0 rings (SSSR count). The Morgan fingerprint density at radius 1 is 0.308 bits per heavy atom. The van der Waals surface area contributed by atoms with E-state index in [1.54, 1.807) is 0 Å². The Bertz CT molecular complexity index is 1010. The van der Waals surface area contributed by atoms with E-state index in [4.69, 9.17) is 14.2 Å². The number of esters is 3. The van der Waals surface area contributed by atoms with Gasteiger partial charge in [0.1, 0.15) is 13.2 Å². The summed E-state index contributed by atoms with van der Waals surface area (Å²) in [4.78, 5) is 38.2. The van der Waals surface area contributed by atoms with E-state index in [2.05, 4.69) is 41.5 Å². The highest BCUT2D eigenvalue weighted by Crippen LogP contribution is 2.19. The lowest BCUT2D eigenvalue weighted by Gasteiger charge is -2.18. The summed E-state index contributed by atoms with van der Waals surface area (Å²) < 4.78 is 16.9. The minimum Gasteiger partial charge on any atom is -0.462 e. The van der Waals surface area contributed by atoms with Crippen molar-refractivity contribution in [2.24, 2.45) is 17.8 Å². The molecule has 0 radical (unpaired) electrons. The molecule has 0 aromatic rings. The minimum absolute atomic E-state index is 0.0637. The Hall–Kier alpha value is -1.59. The zero-order valence-electron chi connectivity index (χ0n) is 44.8. The van der Waals surface area contributed by atoms with Gasteiger partial charge in [-0.3, -0.25) is 14.4 Å². The molecule has 6 nitrogen and oxygen atoms in total. The maximum Gasteiger partial charge on any atom is 0.306 e. The van der Waals surface area contributed by atoms with Gasteiger partial charge in [0.05, 0.1) is 0 Å². The molecular weight excluding hydrogens is 805 g/mol. The van der Waals surface area contributed by atoms with Crippen LogP contribution in [0.3, 0.4) is 0 Å². The molecule has 0 heterocycles. The van der Waals surface area contributed by atoms with Crippen LogP contribution >= 0.6 is 0 Å². The number of carbonyl (C=O) groups is 3. The average Bonchev–Trinajstić information content (AvgIpc) is 3.29. The summed E-state index contributed by atoms with van der Waals surface area (Å²) >= 11 is 0. The predicted octanol–water partition coefficient (Wildman–Crippen LogP) is 19.1. The molecule has 0 amide bonds. The van der Waals surface area contributed by atoms with Crippen LogP contribution in [0.1, 0.15) is 324 Å². The zero-order chi connectivity index (χ0) is 47.7. The minimum atomic E-state index is -0.764. The van der Waals surface area contributed by atoms with E-state index in [0.717, 1.165) is 75.5 Å². The zero-order valence-corrected chi connectivity index (χ0v) is 44.8. The highest BCUT2D eigenvalue weighted by Gasteiger charge is 2.19. The Balaban J connectivity index is 4.32. The number of hydrogen-bond acceptors (Lipinski definition) is 6. The fourth-order valence-corrected chi connectivity index (χ4v) is 8.93. The van der Waals surface area contributed by atoms with E-state index in [1.807, 2.05) is 0 Å². The summed E-state index contributed by atoms with van der Waals surface area (Å²) in [5, 5.41) is 0. The van der Waals surface area contributed by atoms with Crippen LogP contribution in [0.15, 0.2) is 0 Å². The molecular formula is C59H114O6. The predicted molar refractivity (Wildman–Crippen MR) is 279 cm³/mol. The van der Waals surface area contributed by atoms with Gasteiger partial charge in [0.25, 0.3) is 0 Å². The van der Waals surface area contributed by atoms with Gasteiger partial charge >= 0.3 is 17.9 Å². The third-order valence-corrected chi connectivity index (χ3v) is 14.1. The molecule has 0 aromatic carbocycles. The molecule has 6 heteroatoms. The second-order valence-corrected chi connectivity index (χ2v) is 21.2. The van der Waals surface area contributed by atoms with Crippen molar-refractivity contribution in [1.82, 2.24) is 0 Å². The van der Waals surface area contributed by atoms with Crippen molar-refractivity contribution in [2.75, 3.05) is 13.2 Å². The van der Waals surface area contributed by atoms with Gasteiger partial charge in [-0.05, 0) is 37.0 Å². The van der Waals surface area contributed by atoms with Gasteiger partial charge < -0.3 is 14.2 Å². The van der Waals surface area contributed by atoms with Crippen molar-refractivity contribution in [1.29, 1.82) is 0 Å². The summed E-state index contributed by atoms with van der Waals surface area (Å²) in [5.74, 6) is 1.75. The van der Waals surface area contributed by atoms with E-state index >= 15 is 0 Å². The summed E-state index contributed by atoms with van der Waals surface area (Å²) in [6.45, 7) is 13.8. The fraction of sp³-hybridized carbons (Fsp3) is 0.949. The number of hydrogen-bond donors (Lipinski definition) is 0. The van der Waals surface area contributed by atoms with Gasteiger partial charge in [-0.25, -0.2) is 0 Å². The van der Waals surface area contributed by atoms with Gasteiger partial charge in [0, 0.05) is 19.3 Å². The molecule has 0 bridgehead atoms. The average molecular weight is 920 g/mol. The Kier molecular flexibility index (Phi) is 49.1. The number of carbonyl (C=O) groups excluding carboxylic acids is 3. The van der Waals surface area contributed by atoms with Gasteiger partial charge in [-0.1, -0.05) is 286 Å². The van der Waals surface area contributed by atoms with Crippen molar-refractivity contribution < 1.29 is 28.6 Å². The standard InChI is InChI=1S/C59H114O6/c1-7-54(5)46-40-34-28-22-16-11-9-10-12-18-26-32-38-44-50-59(62)65-56(52-64-58(61)49-43-37-31-25-20-19-23-29-35-41-47-55(6)8-2)51-63-57(60)48-42-36-30-24-17-14-13-15-21-27-33-39-45-53(3)4/h53-56H,7-52H2,1-6H3/t54?,55?,56-/m1/s1. The Morgan fingerprint density at radius 3 is 0.800 bits per heavy atom. The second kappa shape index (κ2) is 50.3.